The van der Waals surface area contributed by atoms with Gasteiger partial charge in [-0.15, -0.1) is 11.3 Å². The number of amides is 1. The van der Waals surface area contributed by atoms with Crippen LogP contribution in [0.5, 0.6) is 0 Å². The molecule has 0 aromatic carbocycles. The van der Waals surface area contributed by atoms with Crippen molar-refractivity contribution in [3.63, 3.8) is 0 Å². The molecule has 1 N–H and O–H groups in total. The van der Waals surface area contributed by atoms with E-state index >= 15 is 0 Å². The predicted molar refractivity (Wildman–Crippen MR) is 81.8 cm³/mol. The number of piperidine rings is 1. The smallest absolute Gasteiger partial charge is 0.303 e. The number of aliphatic carboxylic acids is 1. The van der Waals surface area contributed by atoms with Crippen LogP contribution in [0.25, 0.3) is 0 Å². The summed E-state index contributed by atoms with van der Waals surface area (Å²) in [5.41, 5.74) is 0.796. The maximum atomic E-state index is 12.8. The fourth-order valence-corrected chi connectivity index (χ4v) is 3.75. The summed E-state index contributed by atoms with van der Waals surface area (Å²) in [6.07, 6.45) is 4.46. The lowest BCUT2D eigenvalue weighted by atomic mass is 9.97. The Bertz CT molecular complexity index is 527. The largest absolute Gasteiger partial charge is 0.481 e. The van der Waals surface area contributed by atoms with Crippen molar-refractivity contribution < 1.29 is 14.7 Å². The third-order valence-electron chi connectivity index (χ3n) is 3.92. The van der Waals surface area contributed by atoms with E-state index in [9.17, 15) is 9.59 Å². The highest BCUT2D eigenvalue weighted by atomic mass is 32.1. The maximum absolute atomic E-state index is 12.8. The van der Waals surface area contributed by atoms with Gasteiger partial charge in [0.1, 0.15) is 4.88 Å². The molecule has 1 aromatic heterocycles. The van der Waals surface area contributed by atoms with Crippen molar-refractivity contribution in [3.05, 3.63) is 15.6 Å². The molecular formula is C15H22N2O3S. The molecule has 0 saturated carbocycles. The van der Waals surface area contributed by atoms with Crippen LogP contribution in [0.15, 0.2) is 0 Å². The molecule has 1 aliphatic rings. The minimum absolute atomic E-state index is 0.0276. The Labute approximate surface area is 129 Å². The van der Waals surface area contributed by atoms with E-state index in [-0.39, 0.29) is 18.4 Å². The zero-order chi connectivity index (χ0) is 15.4. The third-order valence-corrected chi connectivity index (χ3v) is 5.21. The Morgan fingerprint density at radius 2 is 2.19 bits per heavy atom. The standard InChI is InChI=1S/C15H22N2O3S/c1-3-12-16-10(2)14(21-12)15(20)17-9-5-4-6-11(17)7-8-13(18)19/h11H,3-9H2,1-2H3,(H,18,19). The van der Waals surface area contributed by atoms with Crippen LogP contribution in [0.4, 0.5) is 0 Å². The number of aryl methyl sites for hydroxylation is 2. The highest BCUT2D eigenvalue weighted by Gasteiger charge is 2.29. The molecule has 1 fully saturated rings. The quantitative estimate of drug-likeness (QED) is 0.908. The molecule has 1 unspecified atom stereocenters. The topological polar surface area (TPSA) is 70.5 Å². The van der Waals surface area contributed by atoms with Gasteiger partial charge in [-0.1, -0.05) is 6.92 Å². The first-order valence-corrected chi connectivity index (χ1v) is 8.33. The molecule has 21 heavy (non-hydrogen) atoms. The van der Waals surface area contributed by atoms with Crippen LogP contribution in [0.2, 0.25) is 0 Å². The van der Waals surface area contributed by atoms with Crippen molar-refractivity contribution >= 4 is 23.2 Å². The third kappa shape index (κ3) is 3.81. The molecule has 2 rings (SSSR count). The average Bonchev–Trinajstić information content (AvgIpc) is 2.86. The van der Waals surface area contributed by atoms with Crippen LogP contribution in [-0.2, 0) is 11.2 Å². The van der Waals surface area contributed by atoms with Crippen LogP contribution in [0.1, 0.15) is 59.4 Å². The zero-order valence-electron chi connectivity index (χ0n) is 12.6. The molecular weight excluding hydrogens is 288 g/mol. The summed E-state index contributed by atoms with van der Waals surface area (Å²) < 4.78 is 0. The summed E-state index contributed by atoms with van der Waals surface area (Å²) in [5.74, 6) is -0.769. The van der Waals surface area contributed by atoms with Gasteiger partial charge in [0.2, 0.25) is 0 Å². The molecule has 1 amide bonds. The van der Waals surface area contributed by atoms with Crippen molar-refractivity contribution in [2.45, 2.75) is 58.4 Å². The number of thiazole rings is 1. The molecule has 0 bridgehead atoms. The summed E-state index contributed by atoms with van der Waals surface area (Å²) in [6, 6.07) is 0.0499. The van der Waals surface area contributed by atoms with Crippen molar-refractivity contribution in [2.24, 2.45) is 0 Å². The monoisotopic (exact) mass is 310 g/mol. The molecule has 116 valence electrons. The van der Waals surface area contributed by atoms with Gasteiger partial charge in [0.25, 0.3) is 5.91 Å². The van der Waals surface area contributed by atoms with Gasteiger partial charge >= 0.3 is 5.97 Å². The number of carbonyl (C=O) groups excluding carboxylic acids is 1. The highest BCUT2D eigenvalue weighted by Crippen LogP contribution is 2.26. The van der Waals surface area contributed by atoms with Crippen LogP contribution in [0.3, 0.4) is 0 Å². The molecule has 1 aliphatic heterocycles. The number of carboxylic acid groups (broad SMARTS) is 1. The molecule has 6 heteroatoms. The van der Waals surface area contributed by atoms with Crippen LogP contribution in [0, 0.1) is 6.92 Å². The Hall–Kier alpha value is -1.43. The minimum Gasteiger partial charge on any atom is -0.481 e. The van der Waals surface area contributed by atoms with E-state index < -0.39 is 5.97 Å². The SMILES string of the molecule is CCc1nc(C)c(C(=O)N2CCCCC2CCC(=O)O)s1. The minimum atomic E-state index is -0.796. The van der Waals surface area contributed by atoms with Gasteiger partial charge in [-0.2, -0.15) is 0 Å². The summed E-state index contributed by atoms with van der Waals surface area (Å²) in [6.45, 7) is 4.63. The molecule has 1 atom stereocenters. The van der Waals surface area contributed by atoms with E-state index in [2.05, 4.69) is 4.98 Å². The first kappa shape index (κ1) is 15.9. The number of nitrogens with zero attached hydrogens (tertiary/aromatic N) is 2. The van der Waals surface area contributed by atoms with E-state index in [0.29, 0.717) is 11.3 Å². The van der Waals surface area contributed by atoms with Crippen molar-refractivity contribution in [3.8, 4) is 0 Å². The number of likely N-dealkylation sites (tertiary alicyclic amines) is 1. The molecule has 1 saturated heterocycles. The molecule has 0 aliphatic carbocycles. The summed E-state index contributed by atoms with van der Waals surface area (Å²) >= 11 is 1.47. The van der Waals surface area contributed by atoms with Crippen molar-refractivity contribution in [1.82, 2.24) is 9.88 Å². The number of carbonyl (C=O) groups is 2. The van der Waals surface area contributed by atoms with Crippen molar-refractivity contribution in [1.29, 1.82) is 0 Å². The number of hydrogen-bond acceptors (Lipinski definition) is 4. The number of aromatic nitrogens is 1. The lowest BCUT2D eigenvalue weighted by Crippen LogP contribution is -2.43. The van der Waals surface area contributed by atoms with Gasteiger partial charge in [0.15, 0.2) is 0 Å². The van der Waals surface area contributed by atoms with Gasteiger partial charge in [0.05, 0.1) is 10.7 Å². The van der Waals surface area contributed by atoms with Crippen LogP contribution < -0.4 is 0 Å². The predicted octanol–water partition coefficient (Wildman–Crippen LogP) is 2.87. The van der Waals surface area contributed by atoms with E-state index in [1.54, 1.807) is 0 Å². The summed E-state index contributed by atoms with van der Waals surface area (Å²) in [7, 11) is 0. The van der Waals surface area contributed by atoms with Gasteiger partial charge in [0, 0.05) is 19.0 Å². The molecule has 2 heterocycles. The van der Waals surface area contributed by atoms with Crippen LogP contribution in [-0.4, -0.2) is 39.5 Å². The van der Waals surface area contributed by atoms with Gasteiger partial charge < -0.3 is 10.0 Å². The molecule has 5 nitrogen and oxygen atoms in total. The zero-order valence-corrected chi connectivity index (χ0v) is 13.4. The molecule has 0 spiro atoms. The van der Waals surface area contributed by atoms with E-state index in [1.807, 2.05) is 18.7 Å². The number of carboxylic acids is 1. The Balaban J connectivity index is 2.13. The molecule has 1 aromatic rings. The Morgan fingerprint density at radius 3 is 2.81 bits per heavy atom. The van der Waals surface area contributed by atoms with Crippen LogP contribution >= 0.6 is 11.3 Å². The van der Waals surface area contributed by atoms with E-state index in [4.69, 9.17) is 5.11 Å². The average molecular weight is 310 g/mol. The fourth-order valence-electron chi connectivity index (χ4n) is 2.79. The number of hydrogen-bond donors (Lipinski definition) is 1. The second kappa shape index (κ2) is 7.02. The Morgan fingerprint density at radius 1 is 1.43 bits per heavy atom. The first-order chi connectivity index (χ1) is 10.0. The fraction of sp³-hybridized carbons (Fsp3) is 0.667. The van der Waals surface area contributed by atoms with E-state index in [1.165, 1.54) is 11.3 Å². The second-order valence-electron chi connectivity index (χ2n) is 5.46. The summed E-state index contributed by atoms with van der Waals surface area (Å²) in [5, 5.41) is 9.84. The van der Waals surface area contributed by atoms with Crippen molar-refractivity contribution in [2.75, 3.05) is 6.54 Å². The second-order valence-corrected chi connectivity index (χ2v) is 6.54. The van der Waals surface area contributed by atoms with Gasteiger partial charge in [-0.05, 0) is 39.0 Å². The summed E-state index contributed by atoms with van der Waals surface area (Å²) in [4.78, 5) is 30.5. The lowest BCUT2D eigenvalue weighted by Gasteiger charge is -2.35. The molecule has 0 radical (unpaired) electrons. The lowest BCUT2D eigenvalue weighted by molar-refractivity contribution is -0.137. The Kier molecular flexibility index (Phi) is 5.33. The van der Waals surface area contributed by atoms with Gasteiger partial charge in [-0.25, -0.2) is 4.98 Å². The van der Waals surface area contributed by atoms with Gasteiger partial charge in [-0.3, -0.25) is 9.59 Å². The normalized spacial score (nSPS) is 18.8. The first-order valence-electron chi connectivity index (χ1n) is 7.52. The van der Waals surface area contributed by atoms with E-state index in [0.717, 1.165) is 42.9 Å². The number of rotatable bonds is 5. The maximum Gasteiger partial charge on any atom is 0.303 e. The highest BCUT2D eigenvalue weighted by molar-refractivity contribution is 7.13.